The lowest BCUT2D eigenvalue weighted by Gasteiger charge is -2.17. The summed E-state index contributed by atoms with van der Waals surface area (Å²) in [4.78, 5) is 0. The zero-order chi connectivity index (χ0) is 14.1. The molecule has 1 aromatic rings. The van der Waals surface area contributed by atoms with Crippen molar-refractivity contribution in [2.24, 2.45) is 0 Å². The van der Waals surface area contributed by atoms with Gasteiger partial charge in [-0.1, -0.05) is 0 Å². The second kappa shape index (κ2) is 4.58. The van der Waals surface area contributed by atoms with E-state index in [0.717, 1.165) is 14.2 Å². The largest absolute Gasteiger partial charge is 0.496 e. The van der Waals surface area contributed by atoms with Gasteiger partial charge in [-0.05, 0) is 12.1 Å². The number of ether oxygens (including phenoxy) is 2. The Bertz CT molecular complexity index is 393. The van der Waals surface area contributed by atoms with Crippen molar-refractivity contribution in [3.63, 3.8) is 0 Å². The van der Waals surface area contributed by atoms with Gasteiger partial charge in [0, 0.05) is 0 Å². The van der Waals surface area contributed by atoms with E-state index in [2.05, 4.69) is 9.47 Å². The molecule has 1 rings (SSSR count). The Balaban J connectivity index is 3.52. The number of rotatable bonds is 2. The molecule has 0 aliphatic rings. The fourth-order valence-corrected chi connectivity index (χ4v) is 1.34. The summed E-state index contributed by atoms with van der Waals surface area (Å²) in [5.74, 6) is -1.81. The van der Waals surface area contributed by atoms with Gasteiger partial charge < -0.3 is 9.47 Å². The SMILES string of the molecule is COc1cc(C(F)(F)F)c(OC)cc1C(F)(F)F. The second-order valence-electron chi connectivity index (χ2n) is 3.25. The number of hydrogen-bond acceptors (Lipinski definition) is 2. The minimum Gasteiger partial charge on any atom is -0.496 e. The van der Waals surface area contributed by atoms with Crippen LogP contribution in [0.5, 0.6) is 11.5 Å². The number of methoxy groups -OCH3 is 2. The topological polar surface area (TPSA) is 18.5 Å². The highest BCUT2D eigenvalue weighted by Crippen LogP contribution is 2.44. The molecule has 0 amide bonds. The minimum absolute atomic E-state index is 0.266. The van der Waals surface area contributed by atoms with Crippen molar-refractivity contribution < 1.29 is 35.8 Å². The Morgan fingerprint density at radius 1 is 0.722 bits per heavy atom. The smallest absolute Gasteiger partial charge is 0.420 e. The molecule has 18 heavy (non-hydrogen) atoms. The van der Waals surface area contributed by atoms with E-state index in [-0.39, 0.29) is 12.1 Å². The highest BCUT2D eigenvalue weighted by molar-refractivity contribution is 5.49. The van der Waals surface area contributed by atoms with Crippen molar-refractivity contribution in [2.75, 3.05) is 14.2 Å². The molecular formula is C10H8F6O2. The number of benzene rings is 1. The first-order chi connectivity index (χ1) is 8.11. The Labute approximate surface area is 98.1 Å². The van der Waals surface area contributed by atoms with Gasteiger partial charge in [-0.3, -0.25) is 0 Å². The van der Waals surface area contributed by atoms with E-state index in [1.54, 1.807) is 0 Å². The summed E-state index contributed by atoms with van der Waals surface area (Å²) in [6, 6.07) is 0.531. The molecule has 1 aromatic carbocycles. The van der Waals surface area contributed by atoms with Crippen LogP contribution in [0.3, 0.4) is 0 Å². The van der Waals surface area contributed by atoms with Gasteiger partial charge in [0.05, 0.1) is 14.2 Å². The Hall–Kier alpha value is -1.60. The Morgan fingerprint density at radius 3 is 1.17 bits per heavy atom. The van der Waals surface area contributed by atoms with Crippen LogP contribution in [-0.2, 0) is 12.4 Å². The predicted molar refractivity (Wildman–Crippen MR) is 49.6 cm³/mol. The first kappa shape index (κ1) is 14.5. The van der Waals surface area contributed by atoms with Gasteiger partial charge in [-0.15, -0.1) is 0 Å². The zero-order valence-electron chi connectivity index (χ0n) is 9.24. The van der Waals surface area contributed by atoms with Gasteiger partial charge >= 0.3 is 12.4 Å². The third-order valence-electron chi connectivity index (χ3n) is 2.13. The summed E-state index contributed by atoms with van der Waals surface area (Å²) in [5.41, 5.74) is -2.65. The lowest BCUT2D eigenvalue weighted by Crippen LogP contribution is -2.13. The standard InChI is InChI=1S/C10H8F6O2/c1-17-7-3-6(10(14,15)16)8(18-2)4-5(7)9(11,12)13/h3-4H,1-2H3. The van der Waals surface area contributed by atoms with Crippen molar-refractivity contribution in [3.05, 3.63) is 23.3 Å². The van der Waals surface area contributed by atoms with E-state index >= 15 is 0 Å². The molecule has 0 unspecified atom stereocenters. The second-order valence-corrected chi connectivity index (χ2v) is 3.25. The van der Waals surface area contributed by atoms with Gasteiger partial charge in [0.1, 0.15) is 22.6 Å². The molecule has 8 heteroatoms. The fourth-order valence-electron chi connectivity index (χ4n) is 1.34. The average Bonchev–Trinajstić information content (AvgIpc) is 2.24. The molecule has 0 fully saturated rings. The molecule has 0 heterocycles. The maximum atomic E-state index is 12.6. The number of hydrogen-bond donors (Lipinski definition) is 0. The van der Waals surface area contributed by atoms with Crippen LogP contribution < -0.4 is 9.47 Å². The summed E-state index contributed by atoms with van der Waals surface area (Å²) in [6.45, 7) is 0. The summed E-state index contributed by atoms with van der Waals surface area (Å²) in [7, 11) is 1.72. The van der Waals surface area contributed by atoms with Crippen molar-refractivity contribution in [1.29, 1.82) is 0 Å². The molecule has 0 bridgehead atoms. The van der Waals surface area contributed by atoms with Crippen LogP contribution in [0, 0.1) is 0 Å². The monoisotopic (exact) mass is 274 g/mol. The number of halogens is 6. The summed E-state index contributed by atoms with van der Waals surface area (Å²) < 4.78 is 84.0. The first-order valence-corrected chi connectivity index (χ1v) is 4.51. The van der Waals surface area contributed by atoms with Crippen LogP contribution in [0.15, 0.2) is 12.1 Å². The molecule has 0 N–H and O–H groups in total. The molecule has 0 spiro atoms. The average molecular weight is 274 g/mol. The van der Waals surface area contributed by atoms with Gasteiger partial charge in [0.2, 0.25) is 0 Å². The van der Waals surface area contributed by atoms with Crippen molar-refractivity contribution in [3.8, 4) is 11.5 Å². The minimum atomic E-state index is -4.83. The van der Waals surface area contributed by atoms with Crippen molar-refractivity contribution >= 4 is 0 Å². The third-order valence-corrected chi connectivity index (χ3v) is 2.13. The van der Waals surface area contributed by atoms with Crippen molar-refractivity contribution in [2.45, 2.75) is 12.4 Å². The van der Waals surface area contributed by atoms with Crippen LogP contribution >= 0.6 is 0 Å². The van der Waals surface area contributed by atoms with E-state index in [1.165, 1.54) is 0 Å². The van der Waals surface area contributed by atoms with Gasteiger partial charge in [-0.2, -0.15) is 26.3 Å². The van der Waals surface area contributed by atoms with Crippen LogP contribution in [0.1, 0.15) is 11.1 Å². The van der Waals surface area contributed by atoms with Crippen LogP contribution in [0.4, 0.5) is 26.3 Å². The molecule has 0 aliphatic heterocycles. The molecule has 0 saturated carbocycles. The molecule has 0 aromatic heterocycles. The maximum Gasteiger partial charge on any atom is 0.420 e. The molecule has 102 valence electrons. The summed E-state index contributed by atoms with van der Waals surface area (Å²) >= 11 is 0. The molecule has 0 aliphatic carbocycles. The van der Waals surface area contributed by atoms with Gasteiger partial charge in [0.25, 0.3) is 0 Å². The summed E-state index contributed by atoms with van der Waals surface area (Å²) in [6.07, 6.45) is -9.66. The van der Waals surface area contributed by atoms with E-state index < -0.39 is 35.0 Å². The fraction of sp³-hybridized carbons (Fsp3) is 0.400. The van der Waals surface area contributed by atoms with E-state index in [1.807, 2.05) is 0 Å². The molecular weight excluding hydrogens is 266 g/mol. The Morgan fingerprint density at radius 2 is 1.00 bits per heavy atom. The Kier molecular flexibility index (Phi) is 3.68. The highest BCUT2D eigenvalue weighted by atomic mass is 19.4. The molecule has 2 nitrogen and oxygen atoms in total. The third kappa shape index (κ3) is 2.80. The lowest BCUT2D eigenvalue weighted by molar-refractivity contribution is -0.143. The molecule has 0 radical (unpaired) electrons. The predicted octanol–water partition coefficient (Wildman–Crippen LogP) is 3.74. The van der Waals surface area contributed by atoms with Crippen LogP contribution in [0.2, 0.25) is 0 Å². The van der Waals surface area contributed by atoms with Crippen LogP contribution in [0.25, 0.3) is 0 Å². The maximum absolute atomic E-state index is 12.6. The first-order valence-electron chi connectivity index (χ1n) is 4.51. The van der Waals surface area contributed by atoms with Crippen LogP contribution in [-0.4, -0.2) is 14.2 Å². The van der Waals surface area contributed by atoms with Gasteiger partial charge in [-0.25, -0.2) is 0 Å². The van der Waals surface area contributed by atoms with Crippen molar-refractivity contribution in [1.82, 2.24) is 0 Å². The quantitative estimate of drug-likeness (QED) is 0.765. The molecule has 0 saturated heterocycles. The van der Waals surface area contributed by atoms with E-state index in [0.29, 0.717) is 0 Å². The lowest BCUT2D eigenvalue weighted by atomic mass is 10.1. The van der Waals surface area contributed by atoms with E-state index in [4.69, 9.17) is 0 Å². The van der Waals surface area contributed by atoms with Gasteiger partial charge in [0.15, 0.2) is 0 Å². The zero-order valence-corrected chi connectivity index (χ0v) is 9.24. The normalized spacial score (nSPS) is 12.4. The molecule has 0 atom stereocenters. The summed E-state index contributed by atoms with van der Waals surface area (Å²) in [5, 5.41) is 0. The highest BCUT2D eigenvalue weighted by Gasteiger charge is 2.40. The van der Waals surface area contributed by atoms with E-state index in [9.17, 15) is 26.3 Å². The number of alkyl halides is 6.